The smallest absolute Gasteiger partial charge is 0.260 e. The topological polar surface area (TPSA) is 108 Å². The summed E-state index contributed by atoms with van der Waals surface area (Å²) in [5, 5.41) is 6.75. The number of carbonyl (C=O) groups excluding carboxylic acids is 2. The lowest BCUT2D eigenvalue weighted by Gasteiger charge is -2.23. The Morgan fingerprint density at radius 3 is 2.40 bits per heavy atom. The maximum Gasteiger partial charge on any atom is 0.260 e. The first-order valence-corrected chi connectivity index (χ1v) is 11.1. The number of amides is 2. The molecule has 0 bridgehead atoms. The molecular formula is C21H26N4O4S. The number of aryl methyl sites for hydroxylation is 2. The molecule has 0 aliphatic rings. The molecule has 0 aromatic heterocycles. The fourth-order valence-electron chi connectivity index (χ4n) is 2.77. The van der Waals surface area contributed by atoms with Gasteiger partial charge in [0, 0.05) is 12.6 Å². The predicted molar refractivity (Wildman–Crippen MR) is 119 cm³/mol. The molecule has 2 N–H and O–H groups in total. The van der Waals surface area contributed by atoms with E-state index < -0.39 is 22.5 Å². The van der Waals surface area contributed by atoms with Gasteiger partial charge in [-0.25, -0.2) is 13.8 Å². The highest BCUT2D eigenvalue weighted by Gasteiger charge is 2.22. The Bertz CT molecular complexity index is 1090. The number of hydrogen-bond donors (Lipinski definition) is 2. The van der Waals surface area contributed by atoms with Gasteiger partial charge < -0.3 is 5.32 Å². The number of hydrogen-bond acceptors (Lipinski definition) is 5. The maximum absolute atomic E-state index is 12.4. The van der Waals surface area contributed by atoms with Gasteiger partial charge in [-0.3, -0.25) is 13.9 Å². The summed E-state index contributed by atoms with van der Waals surface area (Å²) in [6.45, 7) is 6.36. The molecule has 160 valence electrons. The monoisotopic (exact) mass is 430 g/mol. The predicted octanol–water partition coefficient (Wildman–Crippen LogP) is 2.57. The molecular weight excluding hydrogens is 404 g/mol. The Hall–Kier alpha value is -3.20. The summed E-state index contributed by atoms with van der Waals surface area (Å²) in [4.78, 5) is 23.6. The highest BCUT2D eigenvalue weighted by atomic mass is 32.2. The highest BCUT2D eigenvalue weighted by Crippen LogP contribution is 2.23. The summed E-state index contributed by atoms with van der Waals surface area (Å²) < 4.78 is 25.6. The molecule has 8 nitrogen and oxygen atoms in total. The molecule has 2 aromatic rings. The summed E-state index contributed by atoms with van der Waals surface area (Å²) in [5.74, 6) is -0.763. The summed E-state index contributed by atoms with van der Waals surface area (Å²) >= 11 is 0. The maximum atomic E-state index is 12.4. The van der Waals surface area contributed by atoms with Crippen LogP contribution in [0.3, 0.4) is 0 Å². The van der Waals surface area contributed by atoms with Gasteiger partial charge in [0.1, 0.15) is 6.54 Å². The van der Waals surface area contributed by atoms with Crippen LogP contribution in [0.4, 0.5) is 11.4 Å². The van der Waals surface area contributed by atoms with Crippen molar-refractivity contribution in [2.24, 2.45) is 5.10 Å². The molecule has 0 saturated carbocycles. The molecule has 2 aromatic carbocycles. The van der Waals surface area contributed by atoms with Crippen LogP contribution in [0.5, 0.6) is 0 Å². The summed E-state index contributed by atoms with van der Waals surface area (Å²) in [6.07, 6.45) is 1.06. The van der Waals surface area contributed by atoms with Crippen LogP contribution in [-0.2, 0) is 19.6 Å². The number of sulfonamides is 1. The first kappa shape index (κ1) is 23.1. The second kappa shape index (κ2) is 9.53. The van der Waals surface area contributed by atoms with E-state index in [0.29, 0.717) is 22.6 Å². The summed E-state index contributed by atoms with van der Waals surface area (Å²) in [6, 6.07) is 12.4. The molecule has 0 heterocycles. The van der Waals surface area contributed by atoms with Crippen molar-refractivity contribution in [3.05, 3.63) is 59.2 Å². The van der Waals surface area contributed by atoms with Gasteiger partial charge >= 0.3 is 0 Å². The van der Waals surface area contributed by atoms with Crippen LogP contribution >= 0.6 is 0 Å². The minimum absolute atomic E-state index is 0.192. The molecule has 0 fully saturated rings. The standard InChI is InChI=1S/C21H26N4O4S/c1-14-9-10-15(2)20(11-14)25(30(5,28)29)13-21(27)24-23-16(3)18-7-6-8-19(12-18)22-17(4)26/h6-12H,13H2,1-5H3,(H,22,26)(H,24,27)/b23-16-. The van der Waals surface area contributed by atoms with E-state index in [1.54, 1.807) is 44.2 Å². The van der Waals surface area contributed by atoms with Crippen molar-refractivity contribution >= 4 is 38.9 Å². The van der Waals surface area contributed by atoms with Gasteiger partial charge in [0.25, 0.3) is 5.91 Å². The number of carbonyl (C=O) groups is 2. The quantitative estimate of drug-likeness (QED) is 0.520. The van der Waals surface area contributed by atoms with Crippen molar-refractivity contribution < 1.29 is 18.0 Å². The first-order chi connectivity index (χ1) is 14.0. The molecule has 9 heteroatoms. The zero-order valence-electron chi connectivity index (χ0n) is 17.7. The van der Waals surface area contributed by atoms with Crippen LogP contribution in [0, 0.1) is 13.8 Å². The lowest BCUT2D eigenvalue weighted by Crippen LogP contribution is -2.39. The highest BCUT2D eigenvalue weighted by molar-refractivity contribution is 7.92. The van der Waals surface area contributed by atoms with Crippen molar-refractivity contribution in [1.29, 1.82) is 0 Å². The van der Waals surface area contributed by atoms with Gasteiger partial charge in [-0.1, -0.05) is 24.3 Å². The van der Waals surface area contributed by atoms with Crippen molar-refractivity contribution in [2.75, 3.05) is 22.4 Å². The van der Waals surface area contributed by atoms with E-state index in [9.17, 15) is 18.0 Å². The SMILES string of the molecule is CC(=O)Nc1cccc(/C(C)=N\NC(=O)CN(c2cc(C)ccc2C)S(C)(=O)=O)c1. The van der Waals surface area contributed by atoms with E-state index in [0.717, 1.165) is 21.7 Å². The molecule has 0 radical (unpaired) electrons. The van der Waals surface area contributed by atoms with E-state index >= 15 is 0 Å². The van der Waals surface area contributed by atoms with Crippen LogP contribution in [-0.4, -0.2) is 38.7 Å². The van der Waals surface area contributed by atoms with Gasteiger partial charge in [-0.05, 0) is 55.7 Å². The summed E-state index contributed by atoms with van der Waals surface area (Å²) in [5.41, 5.74) is 6.31. The Labute approximate surface area is 177 Å². The van der Waals surface area contributed by atoms with E-state index in [4.69, 9.17) is 0 Å². The lowest BCUT2D eigenvalue weighted by atomic mass is 10.1. The number of benzene rings is 2. The van der Waals surface area contributed by atoms with Crippen LogP contribution in [0.15, 0.2) is 47.6 Å². The average molecular weight is 431 g/mol. The second-order valence-electron chi connectivity index (χ2n) is 7.05. The lowest BCUT2D eigenvalue weighted by molar-refractivity contribution is -0.119. The normalized spacial score (nSPS) is 11.7. The minimum Gasteiger partial charge on any atom is -0.326 e. The van der Waals surface area contributed by atoms with Gasteiger partial charge in [0.05, 0.1) is 17.7 Å². The van der Waals surface area contributed by atoms with E-state index in [-0.39, 0.29) is 5.91 Å². The Balaban J connectivity index is 2.18. The van der Waals surface area contributed by atoms with Crippen LogP contribution in [0.2, 0.25) is 0 Å². The van der Waals surface area contributed by atoms with E-state index in [2.05, 4.69) is 15.8 Å². The third-order valence-electron chi connectivity index (χ3n) is 4.27. The zero-order chi connectivity index (χ0) is 22.5. The number of nitrogens with one attached hydrogen (secondary N) is 2. The first-order valence-electron chi connectivity index (χ1n) is 9.23. The number of nitrogens with zero attached hydrogens (tertiary/aromatic N) is 2. The number of rotatable bonds is 7. The second-order valence-corrected chi connectivity index (χ2v) is 8.96. The van der Waals surface area contributed by atoms with Crippen LogP contribution < -0.4 is 15.0 Å². The zero-order valence-corrected chi connectivity index (χ0v) is 18.5. The molecule has 0 spiro atoms. The van der Waals surface area contributed by atoms with Crippen molar-refractivity contribution in [2.45, 2.75) is 27.7 Å². The van der Waals surface area contributed by atoms with Crippen LogP contribution in [0.1, 0.15) is 30.5 Å². The number of hydrazone groups is 1. The van der Waals surface area contributed by atoms with Gasteiger partial charge in [0.15, 0.2) is 0 Å². The summed E-state index contributed by atoms with van der Waals surface area (Å²) in [7, 11) is -3.68. The number of anilines is 2. The van der Waals surface area contributed by atoms with Crippen LogP contribution in [0.25, 0.3) is 0 Å². The third-order valence-corrected chi connectivity index (χ3v) is 5.40. The third kappa shape index (κ3) is 6.41. The fraction of sp³-hybridized carbons (Fsp3) is 0.286. The van der Waals surface area contributed by atoms with Crippen molar-refractivity contribution in [3.8, 4) is 0 Å². The Morgan fingerprint density at radius 2 is 1.77 bits per heavy atom. The van der Waals surface area contributed by atoms with E-state index in [1.807, 2.05) is 19.1 Å². The van der Waals surface area contributed by atoms with E-state index in [1.165, 1.54) is 6.92 Å². The molecule has 2 amide bonds. The molecule has 0 atom stereocenters. The van der Waals surface area contributed by atoms with Gasteiger partial charge in [0.2, 0.25) is 15.9 Å². The Kier molecular flexibility index (Phi) is 7.33. The molecule has 0 saturated heterocycles. The molecule has 2 rings (SSSR count). The fourth-order valence-corrected chi connectivity index (χ4v) is 3.68. The largest absolute Gasteiger partial charge is 0.326 e. The molecule has 0 aliphatic heterocycles. The van der Waals surface area contributed by atoms with Gasteiger partial charge in [-0.15, -0.1) is 0 Å². The van der Waals surface area contributed by atoms with Crippen molar-refractivity contribution in [1.82, 2.24) is 5.43 Å². The Morgan fingerprint density at radius 1 is 1.07 bits per heavy atom. The molecule has 30 heavy (non-hydrogen) atoms. The molecule has 0 unspecified atom stereocenters. The average Bonchev–Trinajstić information content (AvgIpc) is 2.65. The minimum atomic E-state index is -3.68. The van der Waals surface area contributed by atoms with Crippen molar-refractivity contribution in [3.63, 3.8) is 0 Å². The molecule has 0 aliphatic carbocycles. The van der Waals surface area contributed by atoms with Gasteiger partial charge in [-0.2, -0.15) is 5.10 Å².